The van der Waals surface area contributed by atoms with Crippen molar-refractivity contribution in [3.05, 3.63) is 60.4 Å². The number of hydrogen-bond acceptors (Lipinski definition) is 9. The number of carbonyl (C=O) groups excluding carboxylic acids is 2. The number of pyridine rings is 1. The number of esters is 1. The number of nitrogens with zero attached hydrogens (tertiary/aromatic N) is 1. The summed E-state index contributed by atoms with van der Waals surface area (Å²) in [4.78, 5) is 24.0. The topological polar surface area (TPSA) is 171 Å². The van der Waals surface area contributed by atoms with E-state index in [1.165, 1.54) is 30.0 Å². The molecule has 1 fully saturated rings. The lowest BCUT2D eigenvalue weighted by atomic mass is 9.99. The maximum absolute atomic E-state index is 13.7. The van der Waals surface area contributed by atoms with E-state index in [9.17, 15) is 24.4 Å². The Morgan fingerprint density at radius 2 is 1.84 bits per heavy atom. The lowest BCUT2D eigenvalue weighted by Gasteiger charge is -2.25. The predicted molar refractivity (Wildman–Crippen MR) is 135 cm³/mol. The SMILES string of the molecule is CC(NP(=O)(OC[C@H]1O[C@@H]([n+]2cccc(C(N)=O)c2)[C@H](O)[C@@H]1O)Oc1ccccc1)C(=O)OCC(C)(C)C. The molecule has 2 aromatic rings. The number of ether oxygens (including phenoxy) is 2. The van der Waals surface area contributed by atoms with Crippen LogP contribution >= 0.6 is 7.75 Å². The van der Waals surface area contributed by atoms with Crippen molar-refractivity contribution in [3.8, 4) is 5.75 Å². The molecule has 38 heavy (non-hydrogen) atoms. The fourth-order valence-electron chi connectivity index (χ4n) is 3.49. The number of aliphatic hydroxyl groups is 2. The molecule has 1 aliphatic heterocycles. The van der Waals surface area contributed by atoms with Crippen molar-refractivity contribution in [2.45, 2.75) is 58.3 Å². The van der Waals surface area contributed by atoms with Crippen LogP contribution in [0.25, 0.3) is 0 Å². The van der Waals surface area contributed by atoms with Crippen LogP contribution in [-0.4, -0.2) is 59.7 Å². The molecule has 1 saturated heterocycles. The number of amides is 1. The van der Waals surface area contributed by atoms with Gasteiger partial charge in [-0.3, -0.25) is 14.1 Å². The first-order valence-electron chi connectivity index (χ1n) is 12.0. The molecule has 0 radical (unpaired) electrons. The maximum Gasteiger partial charge on any atom is 0.459 e. The monoisotopic (exact) mass is 552 g/mol. The van der Waals surface area contributed by atoms with Crippen LogP contribution in [0.4, 0.5) is 0 Å². The van der Waals surface area contributed by atoms with Crippen LogP contribution < -0.4 is 19.9 Å². The molecule has 0 spiro atoms. The highest BCUT2D eigenvalue weighted by molar-refractivity contribution is 7.52. The molecular formula is C25H35N3O9P+. The van der Waals surface area contributed by atoms with Gasteiger partial charge in [0.15, 0.2) is 18.5 Å². The highest BCUT2D eigenvalue weighted by Gasteiger charge is 2.49. The highest BCUT2D eigenvalue weighted by atomic mass is 31.2. The Hall–Kier alpha value is -2.86. The second-order valence-electron chi connectivity index (χ2n) is 10.2. The van der Waals surface area contributed by atoms with Gasteiger partial charge in [-0.15, -0.1) is 0 Å². The fourth-order valence-corrected chi connectivity index (χ4v) is 5.00. The molecule has 1 aliphatic rings. The minimum absolute atomic E-state index is 0.151. The minimum Gasteiger partial charge on any atom is -0.464 e. The molecule has 2 heterocycles. The van der Waals surface area contributed by atoms with E-state index in [4.69, 9.17) is 24.3 Å². The van der Waals surface area contributed by atoms with Gasteiger partial charge in [0.1, 0.15) is 29.6 Å². The van der Waals surface area contributed by atoms with Gasteiger partial charge in [0.05, 0.1) is 13.2 Å². The predicted octanol–water partition coefficient (Wildman–Crippen LogP) is 1.46. The van der Waals surface area contributed by atoms with Crippen molar-refractivity contribution >= 4 is 19.6 Å². The molecule has 0 aliphatic carbocycles. The lowest BCUT2D eigenvalue weighted by Crippen LogP contribution is -2.46. The van der Waals surface area contributed by atoms with Crippen molar-refractivity contribution in [2.75, 3.05) is 13.2 Å². The Balaban J connectivity index is 1.73. The average molecular weight is 553 g/mol. The van der Waals surface area contributed by atoms with Crippen molar-refractivity contribution in [3.63, 3.8) is 0 Å². The Bertz CT molecular complexity index is 1160. The quantitative estimate of drug-likeness (QED) is 0.182. The number of para-hydroxylation sites is 1. The summed E-state index contributed by atoms with van der Waals surface area (Å²) in [5, 5.41) is 23.7. The maximum atomic E-state index is 13.7. The van der Waals surface area contributed by atoms with Gasteiger partial charge in [-0.1, -0.05) is 39.0 Å². The number of nitrogens with two attached hydrogens (primary N) is 1. The third kappa shape index (κ3) is 8.07. The Labute approximate surface area is 221 Å². The lowest BCUT2D eigenvalue weighted by molar-refractivity contribution is -0.765. The van der Waals surface area contributed by atoms with E-state index in [-0.39, 0.29) is 23.3 Å². The first kappa shape index (κ1) is 29.7. The average Bonchev–Trinajstić information content (AvgIpc) is 3.15. The Kier molecular flexibility index (Phi) is 9.64. The van der Waals surface area contributed by atoms with Gasteiger partial charge in [0.25, 0.3) is 12.1 Å². The van der Waals surface area contributed by atoms with Crippen molar-refractivity contribution in [1.82, 2.24) is 5.09 Å². The van der Waals surface area contributed by atoms with Gasteiger partial charge in [0.2, 0.25) is 0 Å². The number of aliphatic hydroxyl groups excluding tert-OH is 2. The molecule has 5 N–H and O–H groups in total. The van der Waals surface area contributed by atoms with Crippen molar-refractivity contribution in [2.24, 2.45) is 11.1 Å². The van der Waals surface area contributed by atoms with E-state index in [0.29, 0.717) is 0 Å². The molecule has 13 heteroatoms. The summed E-state index contributed by atoms with van der Waals surface area (Å²) >= 11 is 0. The summed E-state index contributed by atoms with van der Waals surface area (Å²) in [7, 11) is -4.22. The van der Waals surface area contributed by atoms with E-state index in [2.05, 4.69) is 5.09 Å². The van der Waals surface area contributed by atoms with E-state index >= 15 is 0 Å². The third-order valence-electron chi connectivity index (χ3n) is 5.47. The summed E-state index contributed by atoms with van der Waals surface area (Å²) in [6.07, 6.45) is -2.12. The Morgan fingerprint density at radius 1 is 1.16 bits per heavy atom. The van der Waals surface area contributed by atoms with Crippen molar-refractivity contribution < 1.29 is 47.5 Å². The molecule has 0 bridgehead atoms. The summed E-state index contributed by atoms with van der Waals surface area (Å²) < 4.78 is 37.3. The van der Waals surface area contributed by atoms with Crippen LogP contribution in [0.5, 0.6) is 5.75 Å². The van der Waals surface area contributed by atoms with Gasteiger partial charge in [0, 0.05) is 6.07 Å². The second-order valence-corrected chi connectivity index (χ2v) is 11.9. The smallest absolute Gasteiger partial charge is 0.459 e. The number of primary amides is 1. The second kappa shape index (κ2) is 12.3. The third-order valence-corrected chi connectivity index (χ3v) is 7.11. The number of nitrogens with one attached hydrogen (secondary N) is 1. The van der Waals surface area contributed by atoms with Gasteiger partial charge >= 0.3 is 13.7 Å². The molecule has 1 amide bonds. The summed E-state index contributed by atoms with van der Waals surface area (Å²) in [5.74, 6) is -1.12. The normalized spacial score (nSPS) is 23.8. The van der Waals surface area contributed by atoms with Gasteiger partial charge < -0.3 is 29.9 Å². The molecule has 1 aromatic carbocycles. The first-order valence-corrected chi connectivity index (χ1v) is 13.6. The number of rotatable bonds is 11. The van der Waals surface area contributed by atoms with Crippen molar-refractivity contribution in [1.29, 1.82) is 0 Å². The zero-order chi connectivity index (χ0) is 28.1. The number of carbonyl (C=O) groups is 2. The summed E-state index contributed by atoms with van der Waals surface area (Å²) in [6.45, 7) is 6.86. The van der Waals surface area contributed by atoms with Crippen LogP contribution in [0, 0.1) is 5.41 Å². The fraction of sp³-hybridized carbons (Fsp3) is 0.480. The molecule has 3 rings (SSSR count). The first-order chi connectivity index (χ1) is 17.8. The number of benzene rings is 1. The van der Waals surface area contributed by atoms with E-state index in [0.717, 1.165) is 0 Å². The molecule has 0 saturated carbocycles. The highest BCUT2D eigenvalue weighted by Crippen LogP contribution is 2.45. The Morgan fingerprint density at radius 3 is 2.47 bits per heavy atom. The standard InChI is InChI=1S/C25H34N3O9P/c1-16(24(32)34-15-25(2,3)4)27-38(33,37-18-10-6-5-7-11-18)35-14-19-20(29)21(30)23(36-19)28-12-8-9-17(13-28)22(26)31/h5-13,16,19-21,23,29-30H,14-15H2,1-4H3,(H2-,26,27,31,33)/p+1/t16?,19-,20-,21-,23-,38?/m1/s1. The molecule has 12 nitrogen and oxygen atoms in total. The number of hydrogen-bond donors (Lipinski definition) is 4. The minimum atomic E-state index is -4.22. The molecular weight excluding hydrogens is 517 g/mol. The molecule has 6 atom stereocenters. The van der Waals surface area contributed by atoms with Crippen LogP contribution in [0.1, 0.15) is 44.3 Å². The van der Waals surface area contributed by atoms with Crippen LogP contribution in [0.2, 0.25) is 0 Å². The largest absolute Gasteiger partial charge is 0.464 e. The molecule has 1 aromatic heterocycles. The van der Waals surface area contributed by atoms with Gasteiger partial charge in [-0.2, -0.15) is 9.65 Å². The van der Waals surface area contributed by atoms with E-state index in [1.807, 2.05) is 20.8 Å². The molecule has 208 valence electrons. The number of aromatic nitrogens is 1. The van der Waals surface area contributed by atoms with E-state index < -0.39 is 56.8 Å². The van der Waals surface area contributed by atoms with Crippen LogP contribution in [0.3, 0.4) is 0 Å². The summed E-state index contributed by atoms with van der Waals surface area (Å²) in [6, 6.07) is 10.2. The zero-order valence-electron chi connectivity index (χ0n) is 21.7. The summed E-state index contributed by atoms with van der Waals surface area (Å²) in [5.41, 5.74) is 5.23. The van der Waals surface area contributed by atoms with E-state index in [1.54, 1.807) is 36.4 Å². The van der Waals surface area contributed by atoms with Gasteiger partial charge in [-0.25, -0.2) is 4.57 Å². The van der Waals surface area contributed by atoms with Crippen LogP contribution in [0.15, 0.2) is 54.9 Å². The van der Waals surface area contributed by atoms with Gasteiger partial charge in [-0.05, 0) is 30.5 Å². The zero-order valence-corrected chi connectivity index (χ0v) is 22.6. The van der Waals surface area contributed by atoms with Crippen LogP contribution in [-0.2, 0) is 23.4 Å². The molecule has 2 unspecified atom stereocenters.